The van der Waals surface area contributed by atoms with Crippen LogP contribution in [0.1, 0.15) is 0 Å². The molecule has 2 N–H and O–H groups in total. The van der Waals surface area contributed by atoms with Crippen molar-refractivity contribution in [1.29, 1.82) is 0 Å². The molecular weight excluding hydrogens is 230 g/mol. The highest BCUT2D eigenvalue weighted by Gasteiger charge is 2.02. The number of hydrogen-bond donors (Lipinski definition) is 2. The van der Waals surface area contributed by atoms with Gasteiger partial charge in [-0.3, -0.25) is 15.5 Å². The fourth-order valence-electron chi connectivity index (χ4n) is 0.829. The summed E-state index contributed by atoms with van der Waals surface area (Å²) in [6.07, 6.45) is 2.67. The number of ether oxygens (including phenoxy) is 1. The van der Waals surface area contributed by atoms with Gasteiger partial charge in [0.25, 0.3) is 0 Å². The minimum atomic E-state index is -0.293. The zero-order valence-electron chi connectivity index (χ0n) is 8.58. The van der Waals surface area contributed by atoms with Crippen LogP contribution in [0.3, 0.4) is 0 Å². The maximum atomic E-state index is 10.9. The first-order valence-corrected chi connectivity index (χ1v) is 5.32. The molecule has 1 heterocycles. The normalized spacial score (nSPS) is 10.4. The summed E-state index contributed by atoms with van der Waals surface area (Å²) in [7, 11) is 1.34. The van der Waals surface area contributed by atoms with E-state index in [4.69, 9.17) is 5.21 Å². The number of nitrogens with zero attached hydrogens (tertiary/aromatic N) is 2. The van der Waals surface area contributed by atoms with Crippen molar-refractivity contribution in [3.05, 3.63) is 18.3 Å². The summed E-state index contributed by atoms with van der Waals surface area (Å²) < 4.78 is 4.50. The SMILES string of the molecule is COC(=O)CSc1ccc(N=CNO)cn1. The molecule has 1 aromatic rings. The lowest BCUT2D eigenvalue weighted by atomic mass is 10.4. The number of carbonyl (C=O) groups excluding carboxylic acids is 1. The molecule has 0 radical (unpaired) electrons. The van der Waals surface area contributed by atoms with Crippen molar-refractivity contribution in [2.75, 3.05) is 12.9 Å². The fourth-order valence-corrected chi connectivity index (χ4v) is 1.50. The summed E-state index contributed by atoms with van der Waals surface area (Å²) in [5.74, 6) is -0.0667. The van der Waals surface area contributed by atoms with Crippen LogP contribution in [-0.4, -0.2) is 35.4 Å². The highest BCUT2D eigenvalue weighted by Crippen LogP contribution is 2.18. The van der Waals surface area contributed by atoms with Gasteiger partial charge in [0.05, 0.1) is 29.8 Å². The van der Waals surface area contributed by atoms with Crippen LogP contribution in [-0.2, 0) is 9.53 Å². The Labute approximate surface area is 96.7 Å². The Balaban J connectivity index is 2.51. The van der Waals surface area contributed by atoms with Crippen molar-refractivity contribution < 1.29 is 14.7 Å². The van der Waals surface area contributed by atoms with Crippen LogP contribution in [0, 0.1) is 0 Å². The maximum absolute atomic E-state index is 10.9. The largest absolute Gasteiger partial charge is 0.468 e. The van der Waals surface area contributed by atoms with Gasteiger partial charge in [-0.15, -0.1) is 0 Å². The maximum Gasteiger partial charge on any atom is 0.316 e. The van der Waals surface area contributed by atoms with Gasteiger partial charge in [-0.2, -0.15) is 0 Å². The average Bonchev–Trinajstić information content (AvgIpc) is 2.34. The lowest BCUT2D eigenvalue weighted by Crippen LogP contribution is -2.03. The van der Waals surface area contributed by atoms with E-state index >= 15 is 0 Å². The van der Waals surface area contributed by atoms with Crippen LogP contribution in [0.5, 0.6) is 0 Å². The summed E-state index contributed by atoms with van der Waals surface area (Å²) in [6.45, 7) is 0. The molecule has 0 bridgehead atoms. The van der Waals surface area contributed by atoms with Crippen LogP contribution >= 0.6 is 11.8 Å². The summed E-state index contributed by atoms with van der Waals surface area (Å²) in [5, 5.41) is 8.99. The highest BCUT2D eigenvalue weighted by atomic mass is 32.2. The molecule has 0 saturated carbocycles. The van der Waals surface area contributed by atoms with Gasteiger partial charge in [0.1, 0.15) is 6.34 Å². The van der Waals surface area contributed by atoms with Gasteiger partial charge in [0.15, 0.2) is 0 Å². The number of pyridine rings is 1. The minimum absolute atomic E-state index is 0.226. The number of esters is 1. The summed E-state index contributed by atoms with van der Waals surface area (Å²) >= 11 is 1.28. The fraction of sp³-hybridized carbons (Fsp3) is 0.222. The number of aromatic nitrogens is 1. The number of aliphatic imine (C=N–C) groups is 1. The Morgan fingerprint density at radius 2 is 2.56 bits per heavy atom. The molecule has 0 aliphatic heterocycles. The van der Waals surface area contributed by atoms with Gasteiger partial charge in [-0.25, -0.2) is 9.98 Å². The first-order valence-electron chi connectivity index (χ1n) is 4.34. The topological polar surface area (TPSA) is 83.8 Å². The number of carbonyl (C=O) groups is 1. The third-order valence-electron chi connectivity index (χ3n) is 1.56. The number of rotatable bonds is 5. The van der Waals surface area contributed by atoms with Gasteiger partial charge in [0.2, 0.25) is 0 Å². The van der Waals surface area contributed by atoms with Crippen LogP contribution in [0.4, 0.5) is 5.69 Å². The van der Waals surface area contributed by atoms with E-state index in [1.807, 2.05) is 0 Å². The molecule has 1 aromatic heterocycles. The van der Waals surface area contributed by atoms with Gasteiger partial charge in [0, 0.05) is 0 Å². The quantitative estimate of drug-likeness (QED) is 0.263. The standard InChI is InChI=1S/C9H11N3O3S/c1-15-9(13)5-16-8-3-2-7(4-10-8)11-6-12-14/h2-4,6,14H,5H2,1H3,(H,11,12). The van der Waals surface area contributed by atoms with E-state index in [0.29, 0.717) is 10.7 Å². The number of nitrogens with one attached hydrogen (secondary N) is 1. The molecule has 0 aliphatic carbocycles. The monoisotopic (exact) mass is 241 g/mol. The van der Waals surface area contributed by atoms with Crippen LogP contribution < -0.4 is 5.48 Å². The van der Waals surface area contributed by atoms with Gasteiger partial charge in [-0.05, 0) is 12.1 Å². The van der Waals surface area contributed by atoms with Crippen LogP contribution in [0.2, 0.25) is 0 Å². The van der Waals surface area contributed by atoms with Crippen molar-refractivity contribution in [3.8, 4) is 0 Å². The van der Waals surface area contributed by atoms with Crippen molar-refractivity contribution in [1.82, 2.24) is 10.5 Å². The molecule has 6 nitrogen and oxygen atoms in total. The lowest BCUT2D eigenvalue weighted by Gasteiger charge is -1.99. The minimum Gasteiger partial charge on any atom is -0.468 e. The Bertz CT molecular complexity index is 367. The van der Waals surface area contributed by atoms with Crippen molar-refractivity contribution in [2.45, 2.75) is 5.03 Å². The van der Waals surface area contributed by atoms with Gasteiger partial charge >= 0.3 is 5.97 Å². The third kappa shape index (κ3) is 4.28. The number of hydroxylamine groups is 1. The Hall–Kier alpha value is -1.60. The summed E-state index contributed by atoms with van der Waals surface area (Å²) in [6, 6.07) is 3.46. The second kappa shape index (κ2) is 6.81. The summed E-state index contributed by atoms with van der Waals surface area (Å²) in [5.41, 5.74) is 2.39. The van der Waals surface area contributed by atoms with Crippen LogP contribution in [0.15, 0.2) is 28.3 Å². The molecule has 0 atom stereocenters. The molecule has 16 heavy (non-hydrogen) atoms. The first kappa shape index (κ1) is 12.5. The second-order valence-corrected chi connectivity index (χ2v) is 3.60. The molecule has 0 unspecified atom stereocenters. The number of thioether (sulfide) groups is 1. The van der Waals surface area contributed by atoms with Gasteiger partial charge in [-0.1, -0.05) is 11.8 Å². The molecule has 0 saturated heterocycles. The van der Waals surface area contributed by atoms with E-state index < -0.39 is 0 Å². The van der Waals surface area contributed by atoms with Crippen molar-refractivity contribution >= 4 is 29.8 Å². The average molecular weight is 241 g/mol. The molecule has 1 rings (SSSR count). The predicted octanol–water partition coefficient (Wildman–Crippen LogP) is 0.985. The number of methoxy groups -OCH3 is 1. The Kier molecular flexibility index (Phi) is 5.30. The predicted molar refractivity (Wildman–Crippen MR) is 60.1 cm³/mol. The van der Waals surface area contributed by atoms with E-state index in [1.54, 1.807) is 17.6 Å². The molecule has 86 valence electrons. The Morgan fingerprint density at radius 1 is 1.75 bits per heavy atom. The van der Waals surface area contributed by atoms with Crippen molar-refractivity contribution in [3.63, 3.8) is 0 Å². The third-order valence-corrected chi connectivity index (χ3v) is 2.47. The zero-order valence-corrected chi connectivity index (χ0v) is 9.40. The van der Waals surface area contributed by atoms with E-state index in [9.17, 15) is 4.79 Å². The molecule has 0 spiro atoms. The number of hydrogen-bond acceptors (Lipinski definition) is 6. The second-order valence-electron chi connectivity index (χ2n) is 2.61. The molecule has 0 aliphatic rings. The highest BCUT2D eigenvalue weighted by molar-refractivity contribution is 7.99. The molecule has 7 heteroatoms. The zero-order chi connectivity index (χ0) is 11.8. The molecule has 0 aromatic carbocycles. The van der Waals surface area contributed by atoms with Crippen molar-refractivity contribution in [2.24, 2.45) is 4.99 Å². The lowest BCUT2D eigenvalue weighted by molar-refractivity contribution is -0.137. The molecular formula is C9H11N3O3S. The van der Waals surface area contributed by atoms with E-state index in [-0.39, 0.29) is 11.7 Å². The first-order chi connectivity index (χ1) is 7.76. The van der Waals surface area contributed by atoms with E-state index in [1.165, 1.54) is 25.1 Å². The molecule has 0 amide bonds. The Morgan fingerprint density at radius 3 is 3.12 bits per heavy atom. The molecule has 0 fully saturated rings. The smallest absolute Gasteiger partial charge is 0.316 e. The summed E-state index contributed by atoms with van der Waals surface area (Å²) in [4.78, 5) is 18.8. The van der Waals surface area contributed by atoms with E-state index in [2.05, 4.69) is 14.7 Å². The van der Waals surface area contributed by atoms with E-state index in [0.717, 1.165) is 6.34 Å². The van der Waals surface area contributed by atoms with Crippen LogP contribution in [0.25, 0.3) is 0 Å². The van der Waals surface area contributed by atoms with Gasteiger partial charge < -0.3 is 4.74 Å².